The van der Waals surface area contributed by atoms with Gasteiger partial charge in [-0.2, -0.15) is 0 Å². The molecule has 0 unspecified atom stereocenters. The summed E-state index contributed by atoms with van der Waals surface area (Å²) < 4.78 is 6.45. The molecule has 0 aromatic carbocycles. The molecule has 1 N–H and O–H groups in total. The minimum Gasteiger partial charge on any atom is -0.374 e. The minimum atomic E-state index is 0.436. The molecule has 0 aliphatic carbocycles. The third-order valence-corrected chi connectivity index (χ3v) is 4.28. The van der Waals surface area contributed by atoms with Crippen LogP contribution in [0.15, 0.2) is 22.0 Å². The maximum atomic E-state index is 5.39. The van der Waals surface area contributed by atoms with Crippen LogP contribution in [0.4, 0.5) is 5.82 Å². The Morgan fingerprint density at radius 2 is 2.21 bits per heavy atom. The van der Waals surface area contributed by atoms with E-state index < -0.39 is 0 Å². The Hall–Kier alpha value is -0.980. The van der Waals surface area contributed by atoms with Crippen molar-refractivity contribution in [2.45, 2.75) is 20.5 Å². The standard InChI is InChI=1S/C13H16BrN3OS/c1-3-15-11-7-10(13-9(14)5-6-19-13)16-12(17-11)8-18-4-2/h5-7H,3-4,8H2,1-2H3,(H,15,16,17). The number of hydrogen-bond donors (Lipinski definition) is 1. The van der Waals surface area contributed by atoms with Crippen molar-refractivity contribution in [3.63, 3.8) is 0 Å². The Bertz CT molecular complexity index is 544. The van der Waals surface area contributed by atoms with E-state index in [9.17, 15) is 0 Å². The lowest BCUT2D eigenvalue weighted by atomic mass is 10.3. The monoisotopic (exact) mass is 341 g/mol. The maximum absolute atomic E-state index is 5.39. The first-order chi connectivity index (χ1) is 9.24. The highest BCUT2D eigenvalue weighted by Gasteiger charge is 2.10. The zero-order valence-electron chi connectivity index (χ0n) is 10.9. The highest BCUT2D eigenvalue weighted by Crippen LogP contribution is 2.33. The zero-order chi connectivity index (χ0) is 13.7. The molecule has 0 spiro atoms. The predicted molar refractivity (Wildman–Crippen MR) is 82.5 cm³/mol. The van der Waals surface area contributed by atoms with Crippen LogP contribution in [0.1, 0.15) is 19.7 Å². The molecule has 0 aliphatic rings. The van der Waals surface area contributed by atoms with Crippen molar-refractivity contribution >= 4 is 33.1 Å². The van der Waals surface area contributed by atoms with Crippen molar-refractivity contribution < 1.29 is 4.74 Å². The second-order valence-corrected chi connectivity index (χ2v) is 5.59. The van der Waals surface area contributed by atoms with Crippen LogP contribution in [0.2, 0.25) is 0 Å². The number of rotatable bonds is 6. The van der Waals surface area contributed by atoms with Crippen molar-refractivity contribution in [3.05, 3.63) is 27.8 Å². The van der Waals surface area contributed by atoms with Gasteiger partial charge in [-0.05, 0) is 41.2 Å². The molecule has 0 atom stereocenters. The van der Waals surface area contributed by atoms with Gasteiger partial charge in [0.1, 0.15) is 12.4 Å². The summed E-state index contributed by atoms with van der Waals surface area (Å²) in [6.45, 7) is 5.94. The summed E-state index contributed by atoms with van der Waals surface area (Å²) in [6, 6.07) is 3.99. The van der Waals surface area contributed by atoms with E-state index in [2.05, 4.69) is 31.2 Å². The molecule has 102 valence electrons. The topological polar surface area (TPSA) is 47.0 Å². The molecule has 0 amide bonds. The van der Waals surface area contributed by atoms with E-state index in [0.717, 1.165) is 27.4 Å². The van der Waals surface area contributed by atoms with Crippen LogP contribution in [-0.4, -0.2) is 23.1 Å². The Morgan fingerprint density at radius 3 is 2.84 bits per heavy atom. The van der Waals surface area contributed by atoms with Crippen LogP contribution < -0.4 is 5.32 Å². The molecule has 2 heterocycles. The smallest absolute Gasteiger partial charge is 0.157 e. The Kier molecular flexibility index (Phi) is 5.30. The average Bonchev–Trinajstić information content (AvgIpc) is 2.83. The number of halogens is 1. The SMILES string of the molecule is CCNc1cc(-c2sccc2Br)nc(COCC)n1. The molecular formula is C13H16BrN3OS. The lowest BCUT2D eigenvalue weighted by molar-refractivity contribution is 0.128. The van der Waals surface area contributed by atoms with Crippen molar-refractivity contribution in [1.82, 2.24) is 9.97 Å². The van der Waals surface area contributed by atoms with Crippen LogP contribution in [0.5, 0.6) is 0 Å². The molecule has 6 heteroatoms. The van der Waals surface area contributed by atoms with Crippen molar-refractivity contribution in [2.24, 2.45) is 0 Å². The number of nitrogens with one attached hydrogen (secondary N) is 1. The maximum Gasteiger partial charge on any atom is 0.157 e. The molecule has 0 bridgehead atoms. The Labute approximate surface area is 125 Å². The van der Waals surface area contributed by atoms with Gasteiger partial charge in [0.2, 0.25) is 0 Å². The fraction of sp³-hybridized carbons (Fsp3) is 0.385. The lowest BCUT2D eigenvalue weighted by Gasteiger charge is -2.08. The third kappa shape index (κ3) is 3.75. The molecule has 19 heavy (non-hydrogen) atoms. The molecule has 0 radical (unpaired) electrons. The van der Waals surface area contributed by atoms with Crippen LogP contribution >= 0.6 is 27.3 Å². The zero-order valence-corrected chi connectivity index (χ0v) is 13.3. The highest BCUT2D eigenvalue weighted by atomic mass is 79.9. The summed E-state index contributed by atoms with van der Waals surface area (Å²) in [6.07, 6.45) is 0. The van der Waals surface area contributed by atoms with Gasteiger partial charge in [-0.3, -0.25) is 0 Å². The predicted octanol–water partition coefficient (Wildman–Crippen LogP) is 3.94. The first kappa shape index (κ1) is 14.4. The molecular weight excluding hydrogens is 326 g/mol. The largest absolute Gasteiger partial charge is 0.374 e. The van der Waals surface area contributed by atoms with E-state index in [4.69, 9.17) is 4.74 Å². The molecule has 0 fully saturated rings. The van der Waals surface area contributed by atoms with E-state index in [0.29, 0.717) is 19.0 Å². The van der Waals surface area contributed by atoms with Crippen LogP contribution in [-0.2, 0) is 11.3 Å². The van der Waals surface area contributed by atoms with E-state index >= 15 is 0 Å². The van der Waals surface area contributed by atoms with Gasteiger partial charge in [-0.25, -0.2) is 9.97 Å². The molecule has 0 saturated carbocycles. The van der Waals surface area contributed by atoms with Crippen molar-refractivity contribution in [1.29, 1.82) is 0 Å². The quantitative estimate of drug-likeness (QED) is 0.864. The summed E-state index contributed by atoms with van der Waals surface area (Å²) in [7, 11) is 0. The van der Waals surface area contributed by atoms with Gasteiger partial charge in [0.25, 0.3) is 0 Å². The first-order valence-corrected chi connectivity index (χ1v) is 7.84. The number of thiophene rings is 1. The molecule has 2 aromatic rings. The fourth-order valence-corrected chi connectivity index (χ4v) is 3.16. The van der Waals surface area contributed by atoms with Gasteiger partial charge in [-0.1, -0.05) is 0 Å². The number of aromatic nitrogens is 2. The van der Waals surface area contributed by atoms with Gasteiger partial charge in [0, 0.05) is 23.7 Å². The summed E-state index contributed by atoms with van der Waals surface area (Å²) in [4.78, 5) is 10.1. The van der Waals surface area contributed by atoms with E-state index in [-0.39, 0.29) is 0 Å². The Balaban J connectivity index is 2.36. The van der Waals surface area contributed by atoms with Crippen LogP contribution in [0.25, 0.3) is 10.6 Å². The number of ether oxygens (including phenoxy) is 1. The number of nitrogens with zero attached hydrogens (tertiary/aromatic N) is 2. The van der Waals surface area contributed by atoms with Crippen molar-refractivity contribution in [2.75, 3.05) is 18.5 Å². The molecule has 2 aromatic heterocycles. The average molecular weight is 342 g/mol. The van der Waals surface area contributed by atoms with Gasteiger partial charge in [0.15, 0.2) is 5.82 Å². The van der Waals surface area contributed by atoms with Crippen LogP contribution in [0.3, 0.4) is 0 Å². The van der Waals surface area contributed by atoms with Gasteiger partial charge in [-0.15, -0.1) is 11.3 Å². The van der Waals surface area contributed by atoms with Gasteiger partial charge < -0.3 is 10.1 Å². The fourth-order valence-electron chi connectivity index (χ4n) is 1.62. The molecule has 0 aliphatic heterocycles. The number of hydrogen-bond acceptors (Lipinski definition) is 5. The normalized spacial score (nSPS) is 10.7. The van der Waals surface area contributed by atoms with E-state index in [1.54, 1.807) is 11.3 Å². The minimum absolute atomic E-state index is 0.436. The van der Waals surface area contributed by atoms with Gasteiger partial charge in [0.05, 0.1) is 10.6 Å². The molecule has 2 rings (SSSR count). The van der Waals surface area contributed by atoms with E-state index in [1.165, 1.54) is 0 Å². The summed E-state index contributed by atoms with van der Waals surface area (Å²) in [5.74, 6) is 1.54. The lowest BCUT2D eigenvalue weighted by Crippen LogP contribution is -2.06. The van der Waals surface area contributed by atoms with Crippen molar-refractivity contribution in [3.8, 4) is 10.6 Å². The van der Waals surface area contributed by atoms with Crippen LogP contribution in [0, 0.1) is 0 Å². The summed E-state index contributed by atoms with van der Waals surface area (Å²) in [5.41, 5.74) is 0.919. The Morgan fingerprint density at radius 1 is 1.37 bits per heavy atom. The second kappa shape index (κ2) is 6.98. The molecule has 4 nitrogen and oxygen atoms in total. The van der Waals surface area contributed by atoms with E-state index in [1.807, 2.05) is 31.4 Å². The third-order valence-electron chi connectivity index (χ3n) is 2.42. The second-order valence-electron chi connectivity index (χ2n) is 3.82. The summed E-state index contributed by atoms with van der Waals surface area (Å²) >= 11 is 5.20. The summed E-state index contributed by atoms with van der Waals surface area (Å²) in [5, 5.41) is 5.27. The first-order valence-electron chi connectivity index (χ1n) is 6.17. The highest BCUT2D eigenvalue weighted by molar-refractivity contribution is 9.10. The van der Waals surface area contributed by atoms with Gasteiger partial charge >= 0.3 is 0 Å². The number of anilines is 1. The molecule has 0 saturated heterocycles.